The fourth-order valence-electron chi connectivity index (χ4n) is 2.48. The summed E-state index contributed by atoms with van der Waals surface area (Å²) in [7, 11) is 0. The van der Waals surface area contributed by atoms with E-state index in [9.17, 15) is 4.79 Å². The summed E-state index contributed by atoms with van der Waals surface area (Å²) in [5.74, 6) is 0.299. The van der Waals surface area contributed by atoms with Crippen LogP contribution in [0.5, 0.6) is 0 Å². The third-order valence-corrected chi connectivity index (χ3v) is 3.96. The lowest BCUT2D eigenvalue weighted by atomic mass is 10.0. The predicted molar refractivity (Wildman–Crippen MR) is 60.4 cm³/mol. The minimum Gasteiger partial charge on any atom is -0.325 e. The second-order valence-electron chi connectivity index (χ2n) is 5.06. The number of rotatable bonds is 5. The van der Waals surface area contributed by atoms with Gasteiger partial charge in [0.1, 0.15) is 0 Å². The van der Waals surface area contributed by atoms with E-state index >= 15 is 0 Å². The van der Waals surface area contributed by atoms with Gasteiger partial charge in [0, 0.05) is 6.54 Å². The SMILES string of the molecule is CCCC1NCC(=O)N1CC1(CC)CC1. The van der Waals surface area contributed by atoms with Crippen LogP contribution in [0.25, 0.3) is 0 Å². The Bertz CT molecular complexity index is 248. The fraction of sp³-hybridized carbons (Fsp3) is 0.917. The van der Waals surface area contributed by atoms with Crippen LogP contribution in [0, 0.1) is 5.41 Å². The molecule has 0 aromatic heterocycles. The summed E-state index contributed by atoms with van der Waals surface area (Å²) in [6.07, 6.45) is 6.38. The summed E-state index contributed by atoms with van der Waals surface area (Å²) in [6.45, 7) is 5.95. The normalized spacial score (nSPS) is 28.5. The number of nitrogens with zero attached hydrogens (tertiary/aromatic N) is 1. The zero-order valence-electron chi connectivity index (χ0n) is 9.88. The summed E-state index contributed by atoms with van der Waals surface area (Å²) in [4.78, 5) is 13.8. The van der Waals surface area contributed by atoms with Crippen molar-refractivity contribution in [3.63, 3.8) is 0 Å². The van der Waals surface area contributed by atoms with Gasteiger partial charge in [-0.1, -0.05) is 20.3 Å². The fourth-order valence-corrected chi connectivity index (χ4v) is 2.48. The Kier molecular flexibility index (Phi) is 3.01. The molecule has 0 aromatic carbocycles. The third-order valence-electron chi connectivity index (χ3n) is 3.96. The zero-order chi connectivity index (χ0) is 10.9. The van der Waals surface area contributed by atoms with Gasteiger partial charge in [0.15, 0.2) is 0 Å². The van der Waals surface area contributed by atoms with Crippen LogP contribution in [-0.4, -0.2) is 30.1 Å². The van der Waals surface area contributed by atoms with Gasteiger partial charge >= 0.3 is 0 Å². The summed E-state index contributed by atoms with van der Waals surface area (Å²) in [6, 6.07) is 0. The van der Waals surface area contributed by atoms with Gasteiger partial charge in [0.25, 0.3) is 0 Å². The Morgan fingerprint density at radius 3 is 2.73 bits per heavy atom. The molecule has 3 nitrogen and oxygen atoms in total. The predicted octanol–water partition coefficient (Wildman–Crippen LogP) is 1.73. The highest BCUT2D eigenvalue weighted by molar-refractivity contribution is 5.80. The molecule has 1 atom stereocenters. The quantitative estimate of drug-likeness (QED) is 0.749. The second-order valence-corrected chi connectivity index (χ2v) is 5.06. The molecule has 0 aromatic rings. The van der Waals surface area contributed by atoms with Gasteiger partial charge in [-0.15, -0.1) is 0 Å². The Balaban J connectivity index is 1.95. The smallest absolute Gasteiger partial charge is 0.237 e. The number of carbonyl (C=O) groups is 1. The Morgan fingerprint density at radius 1 is 1.47 bits per heavy atom. The summed E-state index contributed by atoms with van der Waals surface area (Å²) < 4.78 is 0. The monoisotopic (exact) mass is 210 g/mol. The molecule has 3 heteroatoms. The van der Waals surface area contributed by atoms with E-state index in [1.165, 1.54) is 19.3 Å². The highest BCUT2D eigenvalue weighted by atomic mass is 16.2. The van der Waals surface area contributed by atoms with Gasteiger partial charge < -0.3 is 4.90 Å². The average molecular weight is 210 g/mol. The molecule has 1 saturated heterocycles. The lowest BCUT2D eigenvalue weighted by molar-refractivity contribution is -0.128. The van der Waals surface area contributed by atoms with Crippen LogP contribution < -0.4 is 5.32 Å². The van der Waals surface area contributed by atoms with Gasteiger partial charge in [-0.25, -0.2) is 0 Å². The van der Waals surface area contributed by atoms with E-state index in [2.05, 4.69) is 24.1 Å². The molecule has 1 saturated carbocycles. The molecule has 1 unspecified atom stereocenters. The van der Waals surface area contributed by atoms with Crippen molar-refractivity contribution in [2.45, 2.75) is 52.1 Å². The van der Waals surface area contributed by atoms with Crippen molar-refractivity contribution >= 4 is 5.91 Å². The van der Waals surface area contributed by atoms with Crippen molar-refractivity contribution in [3.8, 4) is 0 Å². The number of hydrogen-bond donors (Lipinski definition) is 1. The zero-order valence-corrected chi connectivity index (χ0v) is 9.88. The van der Waals surface area contributed by atoms with Crippen molar-refractivity contribution in [2.75, 3.05) is 13.1 Å². The van der Waals surface area contributed by atoms with E-state index in [0.717, 1.165) is 19.4 Å². The van der Waals surface area contributed by atoms with Gasteiger partial charge in [-0.2, -0.15) is 0 Å². The van der Waals surface area contributed by atoms with Crippen LogP contribution >= 0.6 is 0 Å². The van der Waals surface area contributed by atoms with Gasteiger partial charge in [-0.05, 0) is 31.1 Å². The topological polar surface area (TPSA) is 32.3 Å². The maximum atomic E-state index is 11.7. The number of amides is 1. The van der Waals surface area contributed by atoms with Crippen LogP contribution in [0.2, 0.25) is 0 Å². The van der Waals surface area contributed by atoms with E-state index in [4.69, 9.17) is 0 Å². The van der Waals surface area contributed by atoms with E-state index < -0.39 is 0 Å². The van der Waals surface area contributed by atoms with Crippen molar-refractivity contribution < 1.29 is 4.79 Å². The number of carbonyl (C=O) groups excluding carboxylic acids is 1. The van der Waals surface area contributed by atoms with Crippen molar-refractivity contribution in [3.05, 3.63) is 0 Å². The maximum Gasteiger partial charge on any atom is 0.237 e. The number of hydrogen-bond acceptors (Lipinski definition) is 2. The Labute approximate surface area is 92.2 Å². The largest absolute Gasteiger partial charge is 0.325 e. The van der Waals surface area contributed by atoms with Crippen LogP contribution in [0.3, 0.4) is 0 Å². The highest BCUT2D eigenvalue weighted by Gasteiger charge is 2.45. The van der Waals surface area contributed by atoms with E-state index in [1.807, 2.05) is 0 Å². The Morgan fingerprint density at radius 2 is 2.20 bits per heavy atom. The molecule has 1 N–H and O–H groups in total. The van der Waals surface area contributed by atoms with Crippen LogP contribution in [0.4, 0.5) is 0 Å². The minimum absolute atomic E-state index is 0.299. The van der Waals surface area contributed by atoms with Crippen molar-refractivity contribution in [1.29, 1.82) is 0 Å². The highest BCUT2D eigenvalue weighted by Crippen LogP contribution is 2.49. The second kappa shape index (κ2) is 4.12. The average Bonchev–Trinajstić information content (AvgIpc) is 2.94. The Hall–Kier alpha value is -0.570. The van der Waals surface area contributed by atoms with Gasteiger partial charge in [0.2, 0.25) is 5.91 Å². The molecule has 86 valence electrons. The minimum atomic E-state index is 0.299. The van der Waals surface area contributed by atoms with E-state index in [-0.39, 0.29) is 0 Å². The van der Waals surface area contributed by atoms with E-state index in [1.54, 1.807) is 0 Å². The molecule has 0 spiro atoms. The first-order valence-electron chi connectivity index (χ1n) is 6.23. The molecule has 2 rings (SSSR count). The molecule has 2 fully saturated rings. The molecule has 2 aliphatic rings. The lowest BCUT2D eigenvalue weighted by Gasteiger charge is -2.28. The molecule has 1 aliphatic heterocycles. The number of nitrogens with one attached hydrogen (secondary N) is 1. The van der Waals surface area contributed by atoms with E-state index in [0.29, 0.717) is 24.0 Å². The molecular formula is C12H22N2O. The van der Waals surface area contributed by atoms with Gasteiger partial charge in [0.05, 0.1) is 12.7 Å². The van der Waals surface area contributed by atoms with Crippen LogP contribution in [0.1, 0.15) is 46.0 Å². The first-order valence-corrected chi connectivity index (χ1v) is 6.23. The first-order chi connectivity index (χ1) is 7.21. The third kappa shape index (κ3) is 2.17. The molecule has 15 heavy (non-hydrogen) atoms. The first kappa shape index (κ1) is 10.9. The summed E-state index contributed by atoms with van der Waals surface area (Å²) >= 11 is 0. The van der Waals surface area contributed by atoms with Crippen LogP contribution in [-0.2, 0) is 4.79 Å². The molecule has 1 aliphatic carbocycles. The molecule has 0 radical (unpaired) electrons. The standard InChI is InChI=1S/C12H22N2O/c1-3-5-10-13-8-11(15)14(10)9-12(4-2)6-7-12/h10,13H,3-9H2,1-2H3. The van der Waals surface area contributed by atoms with Gasteiger partial charge in [-0.3, -0.25) is 10.1 Å². The van der Waals surface area contributed by atoms with Crippen LogP contribution in [0.15, 0.2) is 0 Å². The van der Waals surface area contributed by atoms with Crippen molar-refractivity contribution in [2.24, 2.45) is 5.41 Å². The molecule has 1 amide bonds. The molecular weight excluding hydrogens is 188 g/mol. The summed E-state index contributed by atoms with van der Waals surface area (Å²) in [5, 5.41) is 3.31. The van der Waals surface area contributed by atoms with Crippen molar-refractivity contribution in [1.82, 2.24) is 10.2 Å². The maximum absolute atomic E-state index is 11.7. The summed E-state index contributed by atoms with van der Waals surface area (Å²) in [5.41, 5.74) is 0.480. The molecule has 0 bridgehead atoms. The lowest BCUT2D eigenvalue weighted by Crippen LogP contribution is -2.40. The molecule has 1 heterocycles.